The van der Waals surface area contributed by atoms with Crippen LogP contribution in [0.3, 0.4) is 0 Å². The second-order valence-electron chi connectivity index (χ2n) is 8.34. The lowest BCUT2D eigenvalue weighted by molar-refractivity contribution is -0.129. The van der Waals surface area contributed by atoms with Crippen LogP contribution in [0.4, 0.5) is 4.79 Å². The molecular formula is C20H30N2O4. The molecule has 0 bridgehead atoms. The Balaban J connectivity index is 1.96. The van der Waals surface area contributed by atoms with Crippen molar-refractivity contribution in [3.05, 3.63) is 29.8 Å². The van der Waals surface area contributed by atoms with Crippen LogP contribution in [0.2, 0.25) is 0 Å². The van der Waals surface area contributed by atoms with Crippen molar-refractivity contribution in [1.82, 2.24) is 10.6 Å². The number of carbonyl (C=O) groups is 2. The number of rotatable bonds is 5. The van der Waals surface area contributed by atoms with Crippen molar-refractivity contribution in [3.63, 3.8) is 0 Å². The van der Waals surface area contributed by atoms with E-state index in [1.807, 2.05) is 65.8 Å². The molecule has 0 spiro atoms. The van der Waals surface area contributed by atoms with E-state index in [0.717, 1.165) is 11.3 Å². The smallest absolute Gasteiger partial charge is 0.407 e. The summed E-state index contributed by atoms with van der Waals surface area (Å²) < 4.78 is 11.0. The van der Waals surface area contributed by atoms with Crippen LogP contribution in [0, 0.1) is 5.92 Å². The zero-order chi connectivity index (χ0) is 19.5. The maximum Gasteiger partial charge on any atom is 0.407 e. The van der Waals surface area contributed by atoms with Gasteiger partial charge in [0, 0.05) is 13.0 Å². The Morgan fingerprint density at radius 3 is 2.46 bits per heavy atom. The van der Waals surface area contributed by atoms with Gasteiger partial charge in [0.05, 0.1) is 5.54 Å². The Kier molecular flexibility index (Phi) is 5.84. The van der Waals surface area contributed by atoms with Gasteiger partial charge in [0.25, 0.3) is 5.91 Å². The van der Waals surface area contributed by atoms with Crippen LogP contribution in [0.5, 0.6) is 5.75 Å². The number of para-hydroxylation sites is 1. The van der Waals surface area contributed by atoms with Gasteiger partial charge in [-0.3, -0.25) is 4.79 Å². The maximum atomic E-state index is 12.7. The van der Waals surface area contributed by atoms with Gasteiger partial charge in [0.15, 0.2) is 6.10 Å². The highest BCUT2D eigenvalue weighted by atomic mass is 16.6. The van der Waals surface area contributed by atoms with E-state index in [-0.39, 0.29) is 18.4 Å². The summed E-state index contributed by atoms with van der Waals surface area (Å²) >= 11 is 0. The zero-order valence-electron chi connectivity index (χ0n) is 16.5. The van der Waals surface area contributed by atoms with Crippen LogP contribution in [-0.2, 0) is 16.0 Å². The van der Waals surface area contributed by atoms with Gasteiger partial charge in [-0.05, 0) is 45.2 Å². The highest BCUT2D eigenvalue weighted by molar-refractivity contribution is 5.83. The highest BCUT2D eigenvalue weighted by Crippen LogP contribution is 2.28. The fourth-order valence-electron chi connectivity index (χ4n) is 2.65. The quantitative estimate of drug-likeness (QED) is 0.844. The average Bonchev–Trinajstić information content (AvgIpc) is 2.95. The minimum absolute atomic E-state index is 0.102. The zero-order valence-corrected chi connectivity index (χ0v) is 16.5. The first-order valence-electron chi connectivity index (χ1n) is 9.03. The Labute approximate surface area is 155 Å². The first kappa shape index (κ1) is 20.1. The molecule has 1 aliphatic rings. The van der Waals surface area contributed by atoms with E-state index >= 15 is 0 Å². The van der Waals surface area contributed by atoms with Gasteiger partial charge >= 0.3 is 6.09 Å². The van der Waals surface area contributed by atoms with E-state index in [9.17, 15) is 9.59 Å². The van der Waals surface area contributed by atoms with E-state index in [2.05, 4.69) is 10.6 Å². The van der Waals surface area contributed by atoms with Gasteiger partial charge in [0.1, 0.15) is 11.4 Å². The van der Waals surface area contributed by atoms with Crippen LogP contribution in [0.1, 0.15) is 47.1 Å². The molecule has 2 unspecified atom stereocenters. The van der Waals surface area contributed by atoms with Gasteiger partial charge in [-0.2, -0.15) is 0 Å². The molecule has 6 nitrogen and oxygen atoms in total. The van der Waals surface area contributed by atoms with Crippen LogP contribution in [0.15, 0.2) is 24.3 Å². The van der Waals surface area contributed by atoms with E-state index < -0.39 is 23.3 Å². The topological polar surface area (TPSA) is 76.7 Å². The first-order valence-corrected chi connectivity index (χ1v) is 9.03. The van der Waals surface area contributed by atoms with Crippen LogP contribution < -0.4 is 15.4 Å². The Bertz CT molecular complexity index is 641. The summed E-state index contributed by atoms with van der Waals surface area (Å²) in [6, 6.07) is 7.66. The number of carbonyl (C=O) groups excluding carboxylic acids is 2. The monoisotopic (exact) mass is 362 g/mol. The van der Waals surface area contributed by atoms with Crippen molar-refractivity contribution in [2.45, 2.75) is 65.2 Å². The van der Waals surface area contributed by atoms with Crippen molar-refractivity contribution >= 4 is 12.0 Å². The summed E-state index contributed by atoms with van der Waals surface area (Å²) in [5.41, 5.74) is -0.150. The lowest BCUT2D eigenvalue weighted by Gasteiger charge is -2.36. The molecule has 1 aromatic rings. The lowest BCUT2D eigenvalue weighted by Crippen LogP contribution is -2.59. The summed E-state index contributed by atoms with van der Waals surface area (Å²) in [6.45, 7) is 11.6. The molecule has 1 aromatic carbocycles. The number of benzene rings is 1. The summed E-state index contributed by atoms with van der Waals surface area (Å²) in [4.78, 5) is 24.7. The van der Waals surface area contributed by atoms with Crippen molar-refractivity contribution in [3.8, 4) is 5.75 Å². The van der Waals surface area contributed by atoms with Crippen LogP contribution >= 0.6 is 0 Å². The molecule has 6 heteroatoms. The summed E-state index contributed by atoms with van der Waals surface area (Å²) in [7, 11) is 0. The van der Waals surface area contributed by atoms with Gasteiger partial charge < -0.3 is 20.1 Å². The third kappa shape index (κ3) is 5.13. The molecule has 1 heterocycles. The fourth-order valence-corrected chi connectivity index (χ4v) is 2.65. The second kappa shape index (κ2) is 7.56. The van der Waals surface area contributed by atoms with Gasteiger partial charge in [-0.25, -0.2) is 4.79 Å². The summed E-state index contributed by atoms with van der Waals surface area (Å²) in [5, 5.41) is 5.81. The molecule has 0 aliphatic carbocycles. The number of alkyl carbamates (subject to hydrolysis) is 1. The third-order valence-corrected chi connectivity index (χ3v) is 4.62. The van der Waals surface area contributed by atoms with Crippen LogP contribution in [-0.4, -0.2) is 35.8 Å². The normalized spacial score (nSPS) is 18.5. The van der Waals surface area contributed by atoms with Crippen molar-refractivity contribution < 1.29 is 19.1 Å². The predicted octanol–water partition coefficient (Wildman–Crippen LogP) is 3.05. The molecule has 144 valence electrons. The molecule has 2 N–H and O–H groups in total. The molecule has 0 saturated heterocycles. The number of fused-ring (bicyclic) bond motifs is 1. The molecule has 0 aromatic heterocycles. The van der Waals surface area contributed by atoms with E-state index in [4.69, 9.17) is 9.47 Å². The molecule has 2 amide bonds. The molecule has 1 aliphatic heterocycles. The van der Waals surface area contributed by atoms with Crippen LogP contribution in [0.25, 0.3) is 0 Å². The largest absolute Gasteiger partial charge is 0.480 e. The van der Waals surface area contributed by atoms with Crippen molar-refractivity contribution in [2.75, 3.05) is 6.54 Å². The molecular weight excluding hydrogens is 332 g/mol. The second-order valence-corrected chi connectivity index (χ2v) is 8.34. The van der Waals surface area contributed by atoms with Gasteiger partial charge in [0.2, 0.25) is 0 Å². The molecule has 26 heavy (non-hydrogen) atoms. The summed E-state index contributed by atoms with van der Waals surface area (Å²) in [5.74, 6) is 0.680. The van der Waals surface area contributed by atoms with Gasteiger partial charge in [-0.1, -0.05) is 32.0 Å². The number of hydrogen-bond donors (Lipinski definition) is 2. The fraction of sp³-hybridized carbons (Fsp3) is 0.600. The standard InChI is InChI=1S/C20H30N2O4/c1-13(2)20(6,12-21-18(24)26-19(3,4)5)22-17(23)16-11-14-9-7-8-10-15(14)25-16/h7-10,13,16H,11-12H2,1-6H3,(H,21,24)(H,22,23). The predicted molar refractivity (Wildman–Crippen MR) is 100 cm³/mol. The first-order chi connectivity index (χ1) is 12.0. The SMILES string of the molecule is CC(C)C(C)(CNC(=O)OC(C)(C)C)NC(=O)C1Cc2ccccc2O1. The lowest BCUT2D eigenvalue weighted by atomic mass is 9.88. The molecule has 0 saturated carbocycles. The third-order valence-electron chi connectivity index (χ3n) is 4.62. The molecule has 2 rings (SSSR count). The molecule has 2 atom stereocenters. The van der Waals surface area contributed by atoms with Gasteiger partial charge in [-0.15, -0.1) is 0 Å². The van der Waals surface area contributed by atoms with Crippen molar-refractivity contribution in [1.29, 1.82) is 0 Å². The highest BCUT2D eigenvalue weighted by Gasteiger charge is 2.36. The minimum atomic E-state index is -0.619. The number of nitrogens with one attached hydrogen (secondary N) is 2. The minimum Gasteiger partial charge on any atom is -0.480 e. The number of hydrogen-bond acceptors (Lipinski definition) is 4. The van der Waals surface area contributed by atoms with Crippen molar-refractivity contribution in [2.24, 2.45) is 5.92 Å². The maximum absolute atomic E-state index is 12.7. The van der Waals surface area contributed by atoms with E-state index in [1.165, 1.54) is 0 Å². The summed E-state index contributed by atoms with van der Waals surface area (Å²) in [6.07, 6.45) is -0.495. The average molecular weight is 362 g/mol. The molecule has 0 fully saturated rings. The Morgan fingerprint density at radius 1 is 1.23 bits per heavy atom. The number of amides is 2. The van der Waals surface area contributed by atoms with E-state index in [0.29, 0.717) is 6.42 Å². The Morgan fingerprint density at radius 2 is 1.88 bits per heavy atom. The van der Waals surface area contributed by atoms with E-state index in [1.54, 1.807) is 0 Å². The molecule has 0 radical (unpaired) electrons. The number of ether oxygens (including phenoxy) is 2. The Hall–Kier alpha value is -2.24.